The first-order chi connectivity index (χ1) is 11.8. The summed E-state index contributed by atoms with van der Waals surface area (Å²) >= 11 is 0.241. The average molecular weight is 386 g/mol. The van der Waals surface area contributed by atoms with Crippen LogP contribution in [0.2, 0.25) is 4.71 Å². The molecule has 4 saturated carbocycles. The quantitative estimate of drug-likeness (QED) is 0.806. The molecule has 0 amide bonds. The molecule has 2 heterocycles. The van der Waals surface area contributed by atoms with Crippen LogP contribution in [0.15, 0.2) is 18.3 Å². The number of nitrogens with one attached hydrogen (secondary N) is 1. The summed E-state index contributed by atoms with van der Waals surface area (Å²) in [7, 11) is 2.09. The van der Waals surface area contributed by atoms with Crippen molar-refractivity contribution in [2.24, 2.45) is 23.7 Å². The summed E-state index contributed by atoms with van der Waals surface area (Å²) in [6.07, 6.45) is 11.1. The van der Waals surface area contributed by atoms with Gasteiger partial charge in [-0.15, -0.1) is 0 Å². The molecule has 1 aliphatic heterocycles. The standard InChI is InChI=1S/C20H29AsN3/c1-22-17-3-5-24(12-17)18-2-4-23-19(11-18)21-20-15-7-13-6-14(9-15)10-16(20)8-13/h2,4,11,13-17,20,22H,3,5-10,12H2,1H3. The molecule has 1 saturated heterocycles. The summed E-state index contributed by atoms with van der Waals surface area (Å²) in [5, 5.41) is 3.43. The zero-order valence-electron chi connectivity index (χ0n) is 14.7. The van der Waals surface area contributed by atoms with E-state index >= 15 is 0 Å². The van der Waals surface area contributed by atoms with Gasteiger partial charge in [0.25, 0.3) is 0 Å². The Bertz CT molecular complexity index is 576. The summed E-state index contributed by atoms with van der Waals surface area (Å²) in [6, 6.07) is 5.31. The van der Waals surface area contributed by atoms with Crippen LogP contribution in [0, 0.1) is 23.7 Å². The van der Waals surface area contributed by atoms with Crippen LogP contribution in [0.4, 0.5) is 5.69 Å². The number of likely N-dealkylation sites (N-methyl/N-ethyl adjacent to an activating group) is 1. The normalized spacial score (nSPS) is 41.0. The maximum absolute atomic E-state index is 4.80. The monoisotopic (exact) mass is 386 g/mol. The summed E-state index contributed by atoms with van der Waals surface area (Å²) in [4.78, 5) is 7.35. The molecule has 1 atom stereocenters. The Morgan fingerprint density at radius 2 is 1.88 bits per heavy atom. The molecule has 129 valence electrons. The van der Waals surface area contributed by atoms with Gasteiger partial charge in [0, 0.05) is 0 Å². The number of pyridine rings is 1. The van der Waals surface area contributed by atoms with Gasteiger partial charge in [0.15, 0.2) is 0 Å². The van der Waals surface area contributed by atoms with E-state index in [1.807, 2.05) is 0 Å². The van der Waals surface area contributed by atoms with Crippen LogP contribution in [-0.2, 0) is 0 Å². The molecule has 4 bridgehead atoms. The predicted octanol–water partition coefficient (Wildman–Crippen LogP) is 2.45. The molecule has 24 heavy (non-hydrogen) atoms. The second-order valence-electron chi connectivity index (χ2n) is 8.64. The van der Waals surface area contributed by atoms with Crippen LogP contribution in [0.3, 0.4) is 0 Å². The Kier molecular flexibility index (Phi) is 4.14. The summed E-state index contributed by atoms with van der Waals surface area (Å²) < 4.78 is 2.45. The first-order valence-electron chi connectivity index (χ1n) is 9.87. The molecule has 1 N–H and O–H groups in total. The Balaban J connectivity index is 1.30. The van der Waals surface area contributed by atoms with Crippen LogP contribution in [-0.4, -0.2) is 46.9 Å². The third-order valence-electron chi connectivity index (χ3n) is 7.15. The molecule has 6 rings (SSSR count). The molecular weight excluding hydrogens is 357 g/mol. The zero-order valence-corrected chi connectivity index (χ0v) is 16.6. The molecule has 1 aromatic rings. The average Bonchev–Trinajstić information content (AvgIpc) is 3.07. The molecule has 4 heteroatoms. The van der Waals surface area contributed by atoms with E-state index in [-0.39, 0.29) is 15.8 Å². The van der Waals surface area contributed by atoms with Crippen molar-refractivity contribution in [3.8, 4) is 0 Å². The van der Waals surface area contributed by atoms with Crippen molar-refractivity contribution in [2.75, 3.05) is 25.0 Å². The molecular formula is C20H29AsN3. The molecule has 0 aromatic carbocycles. The molecule has 5 aliphatic rings. The van der Waals surface area contributed by atoms with Crippen molar-refractivity contribution in [2.45, 2.75) is 49.3 Å². The van der Waals surface area contributed by atoms with Crippen molar-refractivity contribution < 1.29 is 0 Å². The van der Waals surface area contributed by atoms with Gasteiger partial charge in [0.1, 0.15) is 0 Å². The number of rotatable bonds is 4. The zero-order chi connectivity index (χ0) is 16.1. The van der Waals surface area contributed by atoms with E-state index in [0.717, 1.165) is 34.9 Å². The fraction of sp³-hybridized carbons (Fsp3) is 0.750. The summed E-state index contributed by atoms with van der Waals surface area (Å²) in [5.74, 6) is 4.28. The van der Waals surface area contributed by atoms with Crippen molar-refractivity contribution >= 4 is 25.9 Å². The van der Waals surface area contributed by atoms with Crippen LogP contribution >= 0.6 is 0 Å². The predicted molar refractivity (Wildman–Crippen MR) is 100 cm³/mol. The Morgan fingerprint density at radius 3 is 2.54 bits per heavy atom. The Hall–Kier alpha value is -0.532. The first kappa shape index (κ1) is 15.7. The van der Waals surface area contributed by atoms with Crippen LogP contribution < -0.4 is 14.7 Å². The van der Waals surface area contributed by atoms with Gasteiger partial charge in [-0.3, -0.25) is 0 Å². The van der Waals surface area contributed by atoms with E-state index in [9.17, 15) is 0 Å². The van der Waals surface area contributed by atoms with Crippen molar-refractivity contribution in [3.63, 3.8) is 0 Å². The van der Waals surface area contributed by atoms with Gasteiger partial charge >= 0.3 is 153 Å². The van der Waals surface area contributed by atoms with Crippen molar-refractivity contribution in [1.82, 2.24) is 10.3 Å². The van der Waals surface area contributed by atoms with E-state index in [1.165, 1.54) is 23.1 Å². The van der Waals surface area contributed by atoms with Gasteiger partial charge in [-0.25, -0.2) is 0 Å². The number of hydrogen-bond acceptors (Lipinski definition) is 3. The van der Waals surface area contributed by atoms with Gasteiger partial charge in [-0.2, -0.15) is 0 Å². The number of aromatic nitrogens is 1. The SMILES string of the molecule is CNC1CCN(c2ccnc([As]C3C4CC5CC(C4)CC3C5)c2)C1. The molecule has 1 aromatic heterocycles. The maximum atomic E-state index is 4.80. The fourth-order valence-corrected chi connectivity index (χ4v) is 9.43. The second kappa shape index (κ2) is 6.32. The van der Waals surface area contributed by atoms with E-state index < -0.39 is 0 Å². The Labute approximate surface area is 152 Å². The fourth-order valence-electron chi connectivity index (χ4n) is 6.17. The topological polar surface area (TPSA) is 28.2 Å². The van der Waals surface area contributed by atoms with Crippen molar-refractivity contribution in [3.05, 3.63) is 18.3 Å². The molecule has 0 spiro atoms. The van der Waals surface area contributed by atoms with E-state index in [4.69, 9.17) is 4.98 Å². The van der Waals surface area contributed by atoms with Gasteiger partial charge in [0.05, 0.1) is 0 Å². The molecule has 1 unspecified atom stereocenters. The van der Waals surface area contributed by atoms with Gasteiger partial charge in [-0.1, -0.05) is 0 Å². The minimum atomic E-state index is 0.241. The third kappa shape index (κ3) is 2.82. The number of hydrogen-bond donors (Lipinski definition) is 1. The number of anilines is 1. The molecule has 4 aliphatic carbocycles. The molecule has 5 fully saturated rings. The van der Waals surface area contributed by atoms with E-state index in [2.05, 4.69) is 35.6 Å². The summed E-state index contributed by atoms with van der Waals surface area (Å²) in [5.41, 5.74) is 1.41. The summed E-state index contributed by atoms with van der Waals surface area (Å²) in [6.45, 7) is 2.33. The van der Waals surface area contributed by atoms with Crippen LogP contribution in [0.25, 0.3) is 0 Å². The second-order valence-corrected chi connectivity index (χ2v) is 11.4. The molecule has 1 radical (unpaired) electrons. The first-order valence-corrected chi connectivity index (χ1v) is 11.9. The third-order valence-corrected chi connectivity index (χ3v) is 10.6. The van der Waals surface area contributed by atoms with Crippen molar-refractivity contribution in [1.29, 1.82) is 0 Å². The van der Waals surface area contributed by atoms with Gasteiger partial charge < -0.3 is 0 Å². The van der Waals surface area contributed by atoms with Crippen LogP contribution in [0.5, 0.6) is 0 Å². The number of nitrogens with zero attached hydrogens (tertiary/aromatic N) is 2. The Morgan fingerprint density at radius 1 is 1.12 bits per heavy atom. The molecule has 3 nitrogen and oxygen atoms in total. The van der Waals surface area contributed by atoms with E-state index in [1.54, 1.807) is 32.1 Å². The van der Waals surface area contributed by atoms with E-state index in [0.29, 0.717) is 6.04 Å². The van der Waals surface area contributed by atoms with Crippen LogP contribution in [0.1, 0.15) is 38.5 Å². The minimum absolute atomic E-state index is 0.241. The van der Waals surface area contributed by atoms with Gasteiger partial charge in [0.2, 0.25) is 0 Å². The van der Waals surface area contributed by atoms with Gasteiger partial charge in [-0.05, 0) is 0 Å².